The topological polar surface area (TPSA) is 130 Å². The summed E-state index contributed by atoms with van der Waals surface area (Å²) in [4.78, 5) is 40.4. The summed E-state index contributed by atoms with van der Waals surface area (Å²) in [5, 5.41) is 14.8. The third-order valence-electron chi connectivity index (χ3n) is 7.06. The Labute approximate surface area is 284 Å². The lowest BCUT2D eigenvalue weighted by Gasteiger charge is -2.35. The maximum absolute atomic E-state index is 14.5. The average molecular weight is 698 g/mol. The standard InChI is InChI=1S/C34H34Cl2N4O6S/c1-34(2,3)37-33(42)31(21-24-10-6-4-7-11-24)38(22-25-14-19-29(35)30(36)20-25)32(41)23-39(26-15-17-27(18-16-26)40(43)44)47(45,46)28-12-8-5-9-13-28/h4-20,31H,21-23H2,1-3H3,(H,37,42)/t31-/m0/s1. The first-order valence-corrected chi connectivity index (χ1v) is 16.8. The van der Waals surface area contributed by atoms with E-state index < -0.39 is 44.9 Å². The number of nitrogens with zero attached hydrogens (tertiary/aromatic N) is 3. The molecule has 10 nitrogen and oxygen atoms in total. The number of benzene rings is 4. The number of hydrogen-bond acceptors (Lipinski definition) is 6. The second-order valence-electron chi connectivity index (χ2n) is 11.8. The Morgan fingerprint density at radius 1 is 0.851 bits per heavy atom. The van der Waals surface area contributed by atoms with Crippen LogP contribution in [0.5, 0.6) is 0 Å². The van der Waals surface area contributed by atoms with Crippen molar-refractivity contribution in [1.29, 1.82) is 0 Å². The van der Waals surface area contributed by atoms with E-state index >= 15 is 0 Å². The van der Waals surface area contributed by atoms with Gasteiger partial charge in [-0.25, -0.2) is 8.42 Å². The molecule has 0 radical (unpaired) electrons. The molecule has 246 valence electrons. The first-order valence-electron chi connectivity index (χ1n) is 14.6. The SMILES string of the molecule is CC(C)(C)NC(=O)[C@H](Cc1ccccc1)N(Cc1ccc(Cl)c(Cl)c1)C(=O)CN(c1ccc([N+](=O)[O-])cc1)S(=O)(=O)c1ccccc1. The summed E-state index contributed by atoms with van der Waals surface area (Å²) >= 11 is 12.5. The summed E-state index contributed by atoms with van der Waals surface area (Å²) in [6, 6.07) is 25.3. The maximum Gasteiger partial charge on any atom is 0.269 e. The Morgan fingerprint density at radius 2 is 1.45 bits per heavy atom. The molecule has 0 aliphatic heterocycles. The highest BCUT2D eigenvalue weighted by molar-refractivity contribution is 7.92. The van der Waals surface area contributed by atoms with Crippen LogP contribution in [-0.2, 0) is 32.6 Å². The van der Waals surface area contributed by atoms with Gasteiger partial charge in [0.25, 0.3) is 15.7 Å². The van der Waals surface area contributed by atoms with Crippen LogP contribution in [0.1, 0.15) is 31.9 Å². The van der Waals surface area contributed by atoms with Crippen LogP contribution >= 0.6 is 23.2 Å². The number of amides is 2. The van der Waals surface area contributed by atoms with Crippen molar-refractivity contribution in [3.8, 4) is 0 Å². The molecule has 0 aromatic heterocycles. The van der Waals surface area contributed by atoms with E-state index in [-0.39, 0.29) is 34.3 Å². The Hall–Kier alpha value is -4.45. The fourth-order valence-electron chi connectivity index (χ4n) is 4.83. The van der Waals surface area contributed by atoms with Crippen LogP contribution in [0.4, 0.5) is 11.4 Å². The summed E-state index contributed by atoms with van der Waals surface area (Å²) in [5.41, 5.74) is 0.465. The van der Waals surface area contributed by atoms with Gasteiger partial charge in [-0.2, -0.15) is 0 Å². The van der Waals surface area contributed by atoms with E-state index in [1.165, 1.54) is 29.2 Å². The van der Waals surface area contributed by atoms with E-state index in [0.29, 0.717) is 10.6 Å². The number of non-ortho nitro benzene ring substituents is 1. The molecule has 0 spiro atoms. The lowest BCUT2D eigenvalue weighted by molar-refractivity contribution is -0.384. The molecule has 0 aliphatic carbocycles. The molecule has 1 N–H and O–H groups in total. The Balaban J connectivity index is 1.84. The smallest absolute Gasteiger partial charge is 0.269 e. The van der Waals surface area contributed by atoms with Gasteiger partial charge < -0.3 is 10.2 Å². The zero-order chi connectivity index (χ0) is 34.4. The van der Waals surface area contributed by atoms with Crippen LogP contribution in [0.2, 0.25) is 10.0 Å². The van der Waals surface area contributed by atoms with Gasteiger partial charge in [-0.15, -0.1) is 0 Å². The lowest BCUT2D eigenvalue weighted by atomic mass is 10.0. The van der Waals surface area contributed by atoms with Crippen LogP contribution in [0.25, 0.3) is 0 Å². The largest absolute Gasteiger partial charge is 0.350 e. The fraction of sp³-hybridized carbons (Fsp3) is 0.235. The molecule has 0 heterocycles. The molecule has 0 aliphatic rings. The zero-order valence-corrected chi connectivity index (χ0v) is 28.3. The number of sulfonamides is 1. The van der Waals surface area contributed by atoms with Gasteiger partial charge in [0.2, 0.25) is 11.8 Å². The van der Waals surface area contributed by atoms with Crippen molar-refractivity contribution in [2.45, 2.75) is 50.2 Å². The van der Waals surface area contributed by atoms with Crippen molar-refractivity contribution in [3.63, 3.8) is 0 Å². The molecule has 0 saturated heterocycles. The molecule has 13 heteroatoms. The van der Waals surface area contributed by atoms with Crippen LogP contribution in [0.3, 0.4) is 0 Å². The predicted octanol–water partition coefficient (Wildman–Crippen LogP) is 6.65. The van der Waals surface area contributed by atoms with E-state index in [1.54, 1.807) is 36.4 Å². The van der Waals surface area contributed by atoms with Crippen LogP contribution < -0.4 is 9.62 Å². The van der Waals surface area contributed by atoms with Crippen molar-refractivity contribution >= 4 is 56.4 Å². The summed E-state index contributed by atoms with van der Waals surface area (Å²) in [7, 11) is -4.36. The van der Waals surface area contributed by atoms with Gasteiger partial charge in [0.15, 0.2) is 0 Å². The molecule has 4 aromatic rings. The summed E-state index contributed by atoms with van der Waals surface area (Å²) in [6.07, 6.45) is 0.124. The van der Waals surface area contributed by atoms with Crippen LogP contribution in [0, 0.1) is 10.1 Å². The normalized spacial score (nSPS) is 12.2. The number of carbonyl (C=O) groups is 2. The third kappa shape index (κ3) is 9.31. The number of carbonyl (C=O) groups excluding carboxylic acids is 2. The number of rotatable bonds is 12. The Bertz CT molecular complexity index is 1830. The molecule has 0 fully saturated rings. The average Bonchev–Trinajstić information content (AvgIpc) is 3.03. The molecule has 47 heavy (non-hydrogen) atoms. The fourth-order valence-corrected chi connectivity index (χ4v) is 6.59. The van der Waals surface area contributed by atoms with Gasteiger partial charge in [0, 0.05) is 30.6 Å². The first kappa shape index (κ1) is 35.4. The van der Waals surface area contributed by atoms with Gasteiger partial charge in [-0.1, -0.05) is 77.8 Å². The minimum absolute atomic E-state index is 0.0287. The Morgan fingerprint density at radius 3 is 2.00 bits per heavy atom. The molecule has 0 unspecified atom stereocenters. The quantitative estimate of drug-likeness (QED) is 0.130. The highest BCUT2D eigenvalue weighted by Crippen LogP contribution is 2.28. The second-order valence-corrected chi connectivity index (χ2v) is 14.5. The summed E-state index contributed by atoms with van der Waals surface area (Å²) in [5.74, 6) is -1.14. The van der Waals surface area contributed by atoms with E-state index in [0.717, 1.165) is 22.0 Å². The molecule has 4 aromatic carbocycles. The summed E-state index contributed by atoms with van der Waals surface area (Å²) in [6.45, 7) is 4.63. The maximum atomic E-state index is 14.5. The highest BCUT2D eigenvalue weighted by Gasteiger charge is 2.35. The molecular formula is C34H34Cl2N4O6S. The monoisotopic (exact) mass is 696 g/mol. The van der Waals surface area contributed by atoms with Gasteiger partial charge in [-0.3, -0.25) is 24.0 Å². The molecule has 0 bridgehead atoms. The number of nitrogens with one attached hydrogen (secondary N) is 1. The van der Waals surface area contributed by atoms with E-state index in [9.17, 15) is 28.1 Å². The van der Waals surface area contributed by atoms with E-state index in [2.05, 4.69) is 5.32 Å². The van der Waals surface area contributed by atoms with E-state index in [1.807, 2.05) is 51.1 Å². The predicted molar refractivity (Wildman–Crippen MR) is 183 cm³/mol. The molecule has 2 amide bonds. The summed E-state index contributed by atoms with van der Waals surface area (Å²) < 4.78 is 29.0. The Kier molecular flexibility index (Phi) is 11.3. The lowest BCUT2D eigenvalue weighted by Crippen LogP contribution is -2.56. The van der Waals surface area contributed by atoms with Crippen LogP contribution in [-0.4, -0.2) is 48.2 Å². The van der Waals surface area contributed by atoms with Crippen molar-refractivity contribution < 1.29 is 22.9 Å². The minimum atomic E-state index is -4.36. The highest BCUT2D eigenvalue weighted by atomic mass is 35.5. The number of nitro groups is 1. The van der Waals surface area contributed by atoms with Gasteiger partial charge >= 0.3 is 0 Å². The second kappa shape index (κ2) is 15.0. The molecule has 1 atom stereocenters. The van der Waals surface area contributed by atoms with Crippen molar-refractivity contribution in [2.75, 3.05) is 10.8 Å². The van der Waals surface area contributed by atoms with Crippen molar-refractivity contribution in [3.05, 3.63) is 134 Å². The number of halogens is 2. The van der Waals surface area contributed by atoms with Crippen LogP contribution in [0.15, 0.2) is 108 Å². The zero-order valence-electron chi connectivity index (χ0n) is 26.0. The molecular weight excluding hydrogens is 663 g/mol. The van der Waals surface area contributed by atoms with Crippen molar-refractivity contribution in [2.24, 2.45) is 0 Å². The van der Waals surface area contributed by atoms with E-state index in [4.69, 9.17) is 23.2 Å². The van der Waals surface area contributed by atoms with Crippen molar-refractivity contribution in [1.82, 2.24) is 10.2 Å². The number of anilines is 1. The third-order valence-corrected chi connectivity index (χ3v) is 9.59. The number of hydrogen-bond donors (Lipinski definition) is 1. The first-order chi connectivity index (χ1) is 22.2. The van der Waals surface area contributed by atoms with Gasteiger partial charge in [0.1, 0.15) is 12.6 Å². The van der Waals surface area contributed by atoms with Gasteiger partial charge in [0.05, 0.1) is 25.6 Å². The minimum Gasteiger partial charge on any atom is -0.350 e. The van der Waals surface area contributed by atoms with Gasteiger partial charge in [-0.05, 0) is 68.3 Å². The number of nitro benzene ring substituents is 1. The molecule has 4 rings (SSSR count). The molecule has 0 saturated carbocycles.